The van der Waals surface area contributed by atoms with E-state index in [-0.39, 0.29) is 29.0 Å². The van der Waals surface area contributed by atoms with Crippen molar-refractivity contribution in [2.24, 2.45) is 45.3 Å². The van der Waals surface area contributed by atoms with E-state index < -0.39 is 11.5 Å². The maximum atomic E-state index is 10.8. The molecule has 0 aromatic heterocycles. The molecule has 188 valence electrons. The van der Waals surface area contributed by atoms with Gasteiger partial charge in [-0.05, 0) is 105 Å². The molecule has 3 saturated carbocycles. The highest BCUT2D eigenvalue weighted by Gasteiger charge is 2.65. The van der Waals surface area contributed by atoms with Crippen LogP contribution in [0.3, 0.4) is 0 Å². The Hall–Kier alpha value is -0.640. The molecule has 0 radical (unpaired) electrons. The molecule has 3 fully saturated rings. The fourth-order valence-electron chi connectivity index (χ4n) is 9.69. The number of aliphatic hydroxyl groups excluding tert-OH is 3. The minimum atomic E-state index is -0.399. The van der Waals surface area contributed by atoms with E-state index in [1.54, 1.807) is 5.57 Å². The predicted octanol–water partition coefficient (Wildman–Crippen LogP) is 6.28. The van der Waals surface area contributed by atoms with Crippen LogP contribution in [-0.2, 0) is 0 Å². The fraction of sp³-hybridized carbons (Fsp3) is 0.867. The van der Waals surface area contributed by atoms with Crippen LogP contribution in [0.25, 0.3) is 0 Å². The molecule has 3 N–H and O–H groups in total. The minimum absolute atomic E-state index is 0.0763. The molecule has 4 aliphatic carbocycles. The third kappa shape index (κ3) is 3.62. The normalized spacial score (nSPS) is 48.7. The molecule has 4 rings (SSSR count). The second-order valence-corrected chi connectivity index (χ2v) is 13.7. The van der Waals surface area contributed by atoms with Gasteiger partial charge in [0.1, 0.15) is 0 Å². The molecule has 0 saturated heterocycles. The van der Waals surface area contributed by atoms with Crippen LogP contribution in [0.5, 0.6) is 0 Å². The summed E-state index contributed by atoms with van der Waals surface area (Å²) in [7, 11) is 0. The van der Waals surface area contributed by atoms with Crippen molar-refractivity contribution in [3.05, 3.63) is 23.3 Å². The monoisotopic (exact) mass is 458 g/mol. The highest BCUT2D eigenvalue weighted by atomic mass is 16.3. The maximum Gasteiger partial charge on any atom is 0.0726 e. The van der Waals surface area contributed by atoms with Crippen molar-refractivity contribution in [2.45, 2.75) is 112 Å². The predicted molar refractivity (Wildman–Crippen MR) is 136 cm³/mol. The molecule has 0 spiro atoms. The molecule has 0 aliphatic heterocycles. The van der Waals surface area contributed by atoms with Crippen molar-refractivity contribution in [3.8, 4) is 0 Å². The Kier molecular flexibility index (Phi) is 6.55. The molecule has 3 nitrogen and oxygen atoms in total. The van der Waals surface area contributed by atoms with E-state index in [4.69, 9.17) is 0 Å². The summed E-state index contributed by atoms with van der Waals surface area (Å²) in [6.07, 6.45) is 12.5. The van der Waals surface area contributed by atoms with Crippen molar-refractivity contribution in [2.75, 3.05) is 6.61 Å². The lowest BCUT2D eigenvalue weighted by Gasteiger charge is -2.64. The first-order valence-electron chi connectivity index (χ1n) is 13.7. The van der Waals surface area contributed by atoms with Gasteiger partial charge in [-0.15, -0.1) is 0 Å². The van der Waals surface area contributed by atoms with Crippen LogP contribution >= 0.6 is 0 Å². The summed E-state index contributed by atoms with van der Waals surface area (Å²) in [6, 6.07) is 0. The molecule has 0 aromatic rings. The summed E-state index contributed by atoms with van der Waals surface area (Å²) in [6.45, 7) is 16.3. The molecule has 3 heteroatoms. The van der Waals surface area contributed by atoms with Gasteiger partial charge < -0.3 is 15.3 Å². The topological polar surface area (TPSA) is 60.7 Å². The van der Waals surface area contributed by atoms with E-state index >= 15 is 0 Å². The van der Waals surface area contributed by atoms with E-state index in [1.165, 1.54) is 31.3 Å². The molecule has 0 heterocycles. The van der Waals surface area contributed by atoms with Crippen molar-refractivity contribution in [3.63, 3.8) is 0 Å². The van der Waals surface area contributed by atoms with E-state index in [1.807, 2.05) is 6.08 Å². The minimum Gasteiger partial charge on any atom is -0.396 e. The first kappa shape index (κ1) is 25.5. The summed E-state index contributed by atoms with van der Waals surface area (Å²) >= 11 is 0. The summed E-state index contributed by atoms with van der Waals surface area (Å²) in [5.41, 5.74) is 3.15. The zero-order valence-electron chi connectivity index (χ0n) is 22.3. The van der Waals surface area contributed by atoms with Gasteiger partial charge >= 0.3 is 0 Å². The number of hydrogen-bond acceptors (Lipinski definition) is 3. The number of rotatable bonds is 5. The van der Waals surface area contributed by atoms with Crippen molar-refractivity contribution < 1.29 is 15.3 Å². The van der Waals surface area contributed by atoms with Gasteiger partial charge in [0.25, 0.3) is 0 Å². The van der Waals surface area contributed by atoms with Gasteiger partial charge in [-0.3, -0.25) is 0 Å². The Morgan fingerprint density at radius 2 is 1.79 bits per heavy atom. The molecule has 4 aliphatic rings. The molecule has 33 heavy (non-hydrogen) atoms. The maximum absolute atomic E-state index is 10.8. The Morgan fingerprint density at radius 1 is 1.09 bits per heavy atom. The average molecular weight is 459 g/mol. The van der Waals surface area contributed by atoms with Crippen LogP contribution in [0.2, 0.25) is 0 Å². The third-order valence-electron chi connectivity index (χ3n) is 11.8. The Labute approximate surface area is 202 Å². The average Bonchev–Trinajstić information content (AvgIpc) is 3.02. The first-order valence-corrected chi connectivity index (χ1v) is 13.7. The second kappa shape index (κ2) is 8.49. The Bertz CT molecular complexity index is 811. The van der Waals surface area contributed by atoms with Gasteiger partial charge in [0, 0.05) is 5.41 Å². The largest absolute Gasteiger partial charge is 0.396 e. The van der Waals surface area contributed by atoms with E-state index in [0.717, 1.165) is 25.7 Å². The zero-order valence-corrected chi connectivity index (χ0v) is 22.3. The SMILES string of the molecule is CC(C)=CC(O)CC(C)C1CCC2(C)C3=CCC4C(C)(CO)C(O)CCC4(C)C3CCC12C. The molecular formula is C30H50O3. The van der Waals surface area contributed by atoms with Crippen molar-refractivity contribution in [1.29, 1.82) is 0 Å². The van der Waals surface area contributed by atoms with Gasteiger partial charge in [-0.1, -0.05) is 57.9 Å². The first-order chi connectivity index (χ1) is 15.3. The highest BCUT2D eigenvalue weighted by molar-refractivity contribution is 5.33. The fourth-order valence-corrected chi connectivity index (χ4v) is 9.69. The lowest BCUT2D eigenvalue weighted by atomic mass is 9.40. The highest BCUT2D eigenvalue weighted by Crippen LogP contribution is 2.73. The second-order valence-electron chi connectivity index (χ2n) is 13.7. The molecule has 10 atom stereocenters. The van der Waals surface area contributed by atoms with Gasteiger partial charge in [0.15, 0.2) is 0 Å². The Balaban J connectivity index is 1.64. The molecule has 0 bridgehead atoms. The number of hydrogen-bond donors (Lipinski definition) is 3. The molecule has 10 unspecified atom stereocenters. The van der Waals surface area contributed by atoms with Crippen LogP contribution in [-0.4, -0.2) is 34.1 Å². The lowest BCUT2D eigenvalue weighted by Crippen LogP contribution is -2.59. The summed E-state index contributed by atoms with van der Waals surface area (Å²) in [5, 5.41) is 31.8. The van der Waals surface area contributed by atoms with Gasteiger partial charge in [-0.2, -0.15) is 0 Å². The third-order valence-corrected chi connectivity index (χ3v) is 11.8. The van der Waals surface area contributed by atoms with Crippen LogP contribution in [0, 0.1) is 45.3 Å². The molecule has 0 aromatic carbocycles. The Morgan fingerprint density at radius 3 is 2.42 bits per heavy atom. The number of fused-ring (bicyclic) bond motifs is 5. The standard InChI is InChI=1S/C30H50O3/c1-19(2)16-21(32)17-20(3)22-10-14-30(7)24-8-9-25-27(4,23(24)11-15-29(22,30)6)13-12-26(33)28(25,5)18-31/h8,16,20-23,25-26,31-33H,9-15,17-18H2,1-7H3. The van der Waals surface area contributed by atoms with Crippen LogP contribution in [0.4, 0.5) is 0 Å². The summed E-state index contributed by atoms with van der Waals surface area (Å²) in [4.78, 5) is 0. The van der Waals surface area contributed by atoms with Crippen LogP contribution < -0.4 is 0 Å². The lowest BCUT2D eigenvalue weighted by molar-refractivity contribution is -0.155. The quantitative estimate of drug-likeness (QED) is 0.425. The zero-order chi connectivity index (χ0) is 24.4. The summed E-state index contributed by atoms with van der Waals surface area (Å²) < 4.78 is 0. The van der Waals surface area contributed by atoms with Gasteiger partial charge in [0.2, 0.25) is 0 Å². The van der Waals surface area contributed by atoms with E-state index in [0.29, 0.717) is 23.7 Å². The number of allylic oxidation sites excluding steroid dienone is 3. The van der Waals surface area contributed by atoms with E-state index in [9.17, 15) is 15.3 Å². The van der Waals surface area contributed by atoms with Crippen molar-refractivity contribution >= 4 is 0 Å². The summed E-state index contributed by atoms with van der Waals surface area (Å²) in [5.74, 6) is 2.06. The van der Waals surface area contributed by atoms with Crippen LogP contribution in [0.15, 0.2) is 23.3 Å². The van der Waals surface area contributed by atoms with Crippen molar-refractivity contribution in [1.82, 2.24) is 0 Å². The molecular weight excluding hydrogens is 408 g/mol. The van der Waals surface area contributed by atoms with Gasteiger partial charge in [-0.25, -0.2) is 0 Å². The van der Waals surface area contributed by atoms with Crippen LogP contribution in [0.1, 0.15) is 99.8 Å². The molecule has 0 amide bonds. The van der Waals surface area contributed by atoms with E-state index in [2.05, 4.69) is 54.5 Å². The number of aliphatic hydroxyl groups is 3. The smallest absolute Gasteiger partial charge is 0.0726 e. The van der Waals surface area contributed by atoms with Gasteiger partial charge in [0.05, 0.1) is 18.8 Å².